The van der Waals surface area contributed by atoms with Crippen molar-refractivity contribution in [2.75, 3.05) is 40.0 Å². The number of rotatable bonds is 8. The average Bonchev–Trinajstić information content (AvgIpc) is 2.58. The van der Waals surface area contributed by atoms with Crippen LogP contribution in [-0.2, 0) is 19.1 Å². The van der Waals surface area contributed by atoms with Crippen LogP contribution in [0.3, 0.4) is 0 Å². The zero-order chi connectivity index (χ0) is 17.4. The summed E-state index contributed by atoms with van der Waals surface area (Å²) >= 11 is 6.06. The third kappa shape index (κ3) is 5.74. The zero-order valence-corrected chi connectivity index (χ0v) is 14.6. The number of carbonyl (C=O) groups is 2. The molecule has 0 aliphatic carbocycles. The van der Waals surface area contributed by atoms with Gasteiger partial charge in [0.2, 0.25) is 0 Å². The topological polar surface area (TPSA) is 55.8 Å². The lowest BCUT2D eigenvalue weighted by molar-refractivity contribution is -0.124. The summed E-state index contributed by atoms with van der Waals surface area (Å²) in [6.45, 7) is 3.01. The second-order valence-electron chi connectivity index (χ2n) is 5.58. The quantitative estimate of drug-likeness (QED) is 0.532. The maximum Gasteiger partial charge on any atom is 0.172 e. The number of ether oxygens (including phenoxy) is 2. The highest BCUT2D eigenvalue weighted by molar-refractivity contribution is 6.31. The second-order valence-corrected chi connectivity index (χ2v) is 6.02. The van der Waals surface area contributed by atoms with Crippen molar-refractivity contribution in [3.05, 3.63) is 41.1 Å². The van der Waals surface area contributed by atoms with E-state index in [1.165, 1.54) is 7.11 Å². The Hall–Kier alpha value is -1.69. The molecule has 0 aromatic heterocycles. The van der Waals surface area contributed by atoms with Crippen molar-refractivity contribution in [2.45, 2.75) is 12.8 Å². The van der Waals surface area contributed by atoms with Crippen molar-refractivity contribution in [1.82, 2.24) is 4.90 Å². The lowest BCUT2D eigenvalue weighted by Gasteiger charge is -2.26. The van der Waals surface area contributed by atoms with E-state index in [9.17, 15) is 9.59 Å². The smallest absolute Gasteiger partial charge is 0.172 e. The summed E-state index contributed by atoms with van der Waals surface area (Å²) in [6.07, 6.45) is 1.93. The van der Waals surface area contributed by atoms with E-state index in [1.54, 1.807) is 18.2 Å². The van der Waals surface area contributed by atoms with E-state index in [2.05, 4.69) is 0 Å². The maximum absolute atomic E-state index is 12.7. The van der Waals surface area contributed by atoms with Crippen molar-refractivity contribution in [1.29, 1.82) is 0 Å². The number of Topliss-reactive ketones (excluding diaryl/α,β-unsaturated/α-hetero) is 2. The molecule has 0 radical (unpaired) electrons. The fraction of sp³-hybridized carbons (Fsp3) is 0.444. The van der Waals surface area contributed by atoms with Crippen molar-refractivity contribution >= 4 is 28.7 Å². The molecule has 0 atom stereocenters. The third-order valence-corrected chi connectivity index (χ3v) is 3.97. The van der Waals surface area contributed by atoms with Crippen LogP contribution in [0.25, 0.3) is 5.57 Å². The van der Waals surface area contributed by atoms with E-state index < -0.39 is 0 Å². The SMILES string of the molecule is COCCC(=O)CC(=O)/C(=C/N1CCOCC1)c1cccc(Cl)c1. The highest BCUT2D eigenvalue weighted by Crippen LogP contribution is 2.22. The highest BCUT2D eigenvalue weighted by atomic mass is 35.5. The Morgan fingerprint density at radius 1 is 1.33 bits per heavy atom. The molecule has 130 valence electrons. The van der Waals surface area contributed by atoms with Crippen LogP contribution in [-0.4, -0.2) is 56.5 Å². The summed E-state index contributed by atoms with van der Waals surface area (Å²) in [6, 6.07) is 7.12. The fourth-order valence-corrected chi connectivity index (χ4v) is 2.62. The standard InChI is InChI=1S/C18H22ClNO4/c1-23-8-5-16(21)12-18(22)17(13-20-6-9-24-10-7-20)14-3-2-4-15(19)11-14/h2-4,11,13H,5-10,12H2,1H3/b17-13+. The summed E-state index contributed by atoms with van der Waals surface area (Å²) in [5, 5.41) is 0.555. The molecule has 1 aromatic rings. The number of halogens is 1. The Bertz CT molecular complexity index is 609. The minimum absolute atomic E-state index is 0.128. The van der Waals surface area contributed by atoms with Crippen LogP contribution in [0.4, 0.5) is 0 Å². The van der Waals surface area contributed by atoms with E-state index in [1.807, 2.05) is 17.2 Å². The minimum Gasteiger partial charge on any atom is -0.384 e. The lowest BCUT2D eigenvalue weighted by atomic mass is 9.98. The monoisotopic (exact) mass is 351 g/mol. The molecular weight excluding hydrogens is 330 g/mol. The third-order valence-electron chi connectivity index (χ3n) is 3.74. The fourth-order valence-electron chi connectivity index (χ4n) is 2.43. The van der Waals surface area contributed by atoms with Gasteiger partial charge in [0.25, 0.3) is 0 Å². The van der Waals surface area contributed by atoms with Gasteiger partial charge in [0.05, 0.1) is 26.2 Å². The molecule has 6 heteroatoms. The first-order chi connectivity index (χ1) is 11.6. The first-order valence-corrected chi connectivity index (χ1v) is 8.31. The molecule has 2 rings (SSSR count). The van der Waals surface area contributed by atoms with Crippen molar-refractivity contribution in [3.8, 4) is 0 Å². The summed E-state index contributed by atoms with van der Waals surface area (Å²) < 4.78 is 10.2. The van der Waals surface area contributed by atoms with Crippen molar-refractivity contribution in [2.24, 2.45) is 0 Å². The van der Waals surface area contributed by atoms with Crippen LogP contribution in [0, 0.1) is 0 Å². The molecular formula is C18H22ClNO4. The zero-order valence-electron chi connectivity index (χ0n) is 13.8. The number of carbonyl (C=O) groups excluding carboxylic acids is 2. The van der Waals surface area contributed by atoms with Crippen LogP contribution in [0.1, 0.15) is 18.4 Å². The van der Waals surface area contributed by atoms with Gasteiger partial charge >= 0.3 is 0 Å². The van der Waals surface area contributed by atoms with E-state index in [-0.39, 0.29) is 24.4 Å². The van der Waals surface area contributed by atoms with Gasteiger partial charge in [-0.25, -0.2) is 0 Å². The first kappa shape index (κ1) is 18.6. The highest BCUT2D eigenvalue weighted by Gasteiger charge is 2.18. The Balaban J connectivity index is 2.20. The summed E-state index contributed by atoms with van der Waals surface area (Å²) in [4.78, 5) is 26.6. The number of methoxy groups -OCH3 is 1. The maximum atomic E-state index is 12.7. The van der Waals surface area contributed by atoms with Gasteiger partial charge in [0.1, 0.15) is 5.78 Å². The molecule has 1 saturated heterocycles. The Morgan fingerprint density at radius 2 is 2.08 bits per heavy atom. The molecule has 0 N–H and O–H groups in total. The summed E-state index contributed by atoms with van der Waals surface area (Å²) in [5.41, 5.74) is 1.23. The molecule has 1 aliphatic rings. The van der Waals surface area contributed by atoms with E-state index in [0.29, 0.717) is 30.4 Å². The first-order valence-electron chi connectivity index (χ1n) is 7.93. The van der Waals surface area contributed by atoms with Gasteiger partial charge < -0.3 is 14.4 Å². The van der Waals surface area contributed by atoms with Gasteiger partial charge in [0, 0.05) is 43.4 Å². The normalized spacial score (nSPS) is 15.4. The number of ketones is 2. The molecule has 0 bridgehead atoms. The molecule has 0 spiro atoms. The summed E-state index contributed by atoms with van der Waals surface area (Å²) in [7, 11) is 1.53. The molecule has 1 aliphatic heterocycles. The number of morpholine rings is 1. The number of nitrogens with zero attached hydrogens (tertiary/aromatic N) is 1. The number of allylic oxidation sites excluding steroid dienone is 1. The van der Waals surface area contributed by atoms with Gasteiger partial charge in [0.15, 0.2) is 5.78 Å². The molecule has 1 heterocycles. The van der Waals surface area contributed by atoms with Crippen LogP contribution in [0.5, 0.6) is 0 Å². The molecule has 0 unspecified atom stereocenters. The minimum atomic E-state index is -0.204. The molecule has 0 saturated carbocycles. The van der Waals surface area contributed by atoms with Crippen molar-refractivity contribution in [3.63, 3.8) is 0 Å². The van der Waals surface area contributed by atoms with Crippen LogP contribution >= 0.6 is 11.6 Å². The van der Waals surface area contributed by atoms with Crippen LogP contribution in [0.2, 0.25) is 5.02 Å². The predicted molar refractivity (Wildman–Crippen MR) is 92.9 cm³/mol. The van der Waals surface area contributed by atoms with Crippen molar-refractivity contribution < 1.29 is 19.1 Å². The predicted octanol–water partition coefficient (Wildman–Crippen LogP) is 2.58. The summed E-state index contributed by atoms with van der Waals surface area (Å²) in [5.74, 6) is -0.332. The van der Waals surface area contributed by atoms with Gasteiger partial charge in [-0.1, -0.05) is 23.7 Å². The van der Waals surface area contributed by atoms with E-state index in [0.717, 1.165) is 18.7 Å². The van der Waals surface area contributed by atoms with Gasteiger partial charge in [-0.3, -0.25) is 9.59 Å². The molecule has 0 amide bonds. The second kappa shape index (κ2) is 9.57. The Morgan fingerprint density at radius 3 is 2.75 bits per heavy atom. The lowest BCUT2D eigenvalue weighted by Crippen LogP contribution is -2.32. The average molecular weight is 352 g/mol. The molecule has 5 nitrogen and oxygen atoms in total. The Kier molecular flexibility index (Phi) is 7.43. The Labute approximate surface area is 147 Å². The van der Waals surface area contributed by atoms with Crippen LogP contribution in [0.15, 0.2) is 30.5 Å². The van der Waals surface area contributed by atoms with Gasteiger partial charge in [-0.15, -0.1) is 0 Å². The number of hydrogen-bond donors (Lipinski definition) is 0. The van der Waals surface area contributed by atoms with Gasteiger partial charge in [-0.2, -0.15) is 0 Å². The van der Waals surface area contributed by atoms with E-state index >= 15 is 0 Å². The molecule has 24 heavy (non-hydrogen) atoms. The largest absolute Gasteiger partial charge is 0.384 e. The molecule has 1 fully saturated rings. The molecule has 1 aromatic carbocycles. The van der Waals surface area contributed by atoms with Gasteiger partial charge in [-0.05, 0) is 17.7 Å². The number of hydrogen-bond acceptors (Lipinski definition) is 5. The number of benzene rings is 1. The van der Waals surface area contributed by atoms with Crippen LogP contribution < -0.4 is 0 Å². The van der Waals surface area contributed by atoms with E-state index in [4.69, 9.17) is 21.1 Å².